The highest BCUT2D eigenvalue weighted by Crippen LogP contribution is 2.16. The Bertz CT molecular complexity index is 465. The Kier molecular flexibility index (Phi) is 6.14. The van der Waals surface area contributed by atoms with E-state index in [1.54, 1.807) is 12.1 Å². The average Bonchev–Trinajstić information content (AvgIpc) is 2.34. The second kappa shape index (κ2) is 7.15. The van der Waals surface area contributed by atoms with Gasteiger partial charge in [0.15, 0.2) is 0 Å². The molecular weight excluding hydrogens is 285 g/mol. The standard InChI is InChI=1S/C14H19ClFNOS/c1-14(2,3)19(18)17-13(5-4-10-15)11-6-8-12(16)9-7-11/h6-9H,4-5,10H2,1-3H3/b17-13+/t19-/m0/s1. The summed E-state index contributed by atoms with van der Waals surface area (Å²) in [5.74, 6) is 0.222. The third-order valence-electron chi connectivity index (χ3n) is 2.44. The number of benzene rings is 1. The van der Waals surface area contributed by atoms with Gasteiger partial charge in [0.25, 0.3) is 0 Å². The zero-order valence-electron chi connectivity index (χ0n) is 11.5. The summed E-state index contributed by atoms with van der Waals surface area (Å²) in [7, 11) is -1.33. The molecule has 5 heteroatoms. The summed E-state index contributed by atoms with van der Waals surface area (Å²) in [6.45, 7) is 5.61. The number of rotatable bonds is 5. The van der Waals surface area contributed by atoms with Gasteiger partial charge in [-0.1, -0.05) is 12.1 Å². The molecule has 0 saturated carbocycles. The number of halogens is 2. The molecule has 0 unspecified atom stereocenters. The van der Waals surface area contributed by atoms with Gasteiger partial charge < -0.3 is 0 Å². The van der Waals surface area contributed by atoms with Crippen molar-refractivity contribution in [1.29, 1.82) is 0 Å². The van der Waals surface area contributed by atoms with Crippen LogP contribution in [0.15, 0.2) is 28.7 Å². The van der Waals surface area contributed by atoms with Crippen LogP contribution in [-0.2, 0) is 11.0 Å². The molecule has 0 aromatic heterocycles. The quantitative estimate of drug-likeness (QED) is 0.595. The molecule has 0 aliphatic rings. The first-order valence-electron chi connectivity index (χ1n) is 6.16. The molecule has 19 heavy (non-hydrogen) atoms. The topological polar surface area (TPSA) is 29.4 Å². The SMILES string of the molecule is CC(C)(C)[S@](=O)/N=C(\CCCCl)c1ccc(F)cc1. The van der Waals surface area contributed by atoms with Gasteiger partial charge in [-0.3, -0.25) is 0 Å². The van der Waals surface area contributed by atoms with Gasteiger partial charge >= 0.3 is 0 Å². The second-order valence-electron chi connectivity index (χ2n) is 5.20. The van der Waals surface area contributed by atoms with Crippen molar-refractivity contribution in [3.63, 3.8) is 0 Å². The zero-order chi connectivity index (χ0) is 14.5. The Morgan fingerprint density at radius 2 is 1.89 bits per heavy atom. The molecular formula is C14H19ClFNOS. The van der Waals surface area contributed by atoms with Gasteiger partial charge in [-0.2, -0.15) is 4.40 Å². The third kappa shape index (κ3) is 5.41. The largest absolute Gasteiger partial charge is 0.234 e. The van der Waals surface area contributed by atoms with E-state index >= 15 is 0 Å². The van der Waals surface area contributed by atoms with Crippen LogP contribution in [0.4, 0.5) is 4.39 Å². The molecule has 106 valence electrons. The first-order valence-corrected chi connectivity index (χ1v) is 7.80. The summed E-state index contributed by atoms with van der Waals surface area (Å²) in [6.07, 6.45) is 1.38. The molecule has 0 saturated heterocycles. The Morgan fingerprint density at radius 3 is 2.37 bits per heavy atom. The van der Waals surface area contributed by atoms with E-state index in [-0.39, 0.29) is 5.82 Å². The smallest absolute Gasteiger partial charge is 0.145 e. The van der Waals surface area contributed by atoms with Crippen molar-refractivity contribution < 1.29 is 8.60 Å². The lowest BCUT2D eigenvalue weighted by Gasteiger charge is -2.15. The number of alkyl halides is 1. The normalized spacial score (nSPS) is 14.5. The van der Waals surface area contributed by atoms with E-state index in [9.17, 15) is 8.60 Å². The first-order chi connectivity index (χ1) is 8.84. The summed E-state index contributed by atoms with van der Waals surface area (Å²) in [5.41, 5.74) is 1.51. The molecule has 0 bridgehead atoms. The fraction of sp³-hybridized carbons (Fsp3) is 0.500. The highest BCUT2D eigenvalue weighted by Gasteiger charge is 2.20. The monoisotopic (exact) mass is 303 g/mol. The second-order valence-corrected chi connectivity index (χ2v) is 7.48. The molecule has 0 aliphatic carbocycles. The van der Waals surface area contributed by atoms with Crippen LogP contribution < -0.4 is 0 Å². The lowest BCUT2D eigenvalue weighted by Crippen LogP contribution is -2.21. The molecule has 0 N–H and O–H groups in total. The third-order valence-corrected chi connectivity index (χ3v) is 4.14. The van der Waals surface area contributed by atoms with Crippen molar-refractivity contribution in [3.8, 4) is 0 Å². The summed E-state index contributed by atoms with van der Waals surface area (Å²) in [4.78, 5) is 0. The summed E-state index contributed by atoms with van der Waals surface area (Å²) >= 11 is 5.69. The predicted molar refractivity (Wildman–Crippen MR) is 80.8 cm³/mol. The van der Waals surface area contributed by atoms with Crippen molar-refractivity contribution in [3.05, 3.63) is 35.6 Å². The van der Waals surface area contributed by atoms with Crippen molar-refractivity contribution >= 4 is 28.3 Å². The van der Waals surface area contributed by atoms with Gasteiger partial charge in [-0.25, -0.2) is 8.60 Å². The Morgan fingerprint density at radius 1 is 1.32 bits per heavy atom. The van der Waals surface area contributed by atoms with E-state index in [4.69, 9.17) is 11.6 Å². The van der Waals surface area contributed by atoms with Crippen LogP contribution in [-0.4, -0.2) is 20.5 Å². The number of hydrogen-bond donors (Lipinski definition) is 0. The van der Waals surface area contributed by atoms with Gasteiger partial charge in [0.2, 0.25) is 0 Å². The van der Waals surface area contributed by atoms with Crippen LogP contribution in [0.5, 0.6) is 0 Å². The first kappa shape index (κ1) is 16.3. The fourth-order valence-electron chi connectivity index (χ4n) is 1.36. The molecule has 0 amide bonds. The van der Waals surface area contributed by atoms with Crippen LogP contribution in [0.25, 0.3) is 0 Å². The number of hydrogen-bond acceptors (Lipinski definition) is 1. The van der Waals surface area contributed by atoms with Crippen molar-refractivity contribution in [2.45, 2.75) is 38.4 Å². The zero-order valence-corrected chi connectivity index (χ0v) is 13.0. The van der Waals surface area contributed by atoms with Crippen LogP contribution in [0.2, 0.25) is 0 Å². The maximum Gasteiger partial charge on any atom is 0.145 e. The molecule has 1 rings (SSSR count). The molecule has 1 aromatic rings. The molecule has 0 heterocycles. The van der Waals surface area contributed by atoms with Crippen LogP contribution in [0.1, 0.15) is 39.2 Å². The van der Waals surface area contributed by atoms with E-state index in [1.807, 2.05) is 20.8 Å². The summed E-state index contributed by atoms with van der Waals surface area (Å²) in [5, 5.41) is 0. The van der Waals surface area contributed by atoms with Gasteiger partial charge in [0, 0.05) is 5.88 Å². The minimum Gasteiger partial charge on any atom is -0.234 e. The highest BCUT2D eigenvalue weighted by molar-refractivity contribution is 7.85. The predicted octanol–water partition coefficient (Wildman–Crippen LogP) is 4.10. The molecule has 2 nitrogen and oxygen atoms in total. The lowest BCUT2D eigenvalue weighted by molar-refractivity contribution is 0.627. The number of nitrogens with zero attached hydrogens (tertiary/aromatic N) is 1. The molecule has 0 fully saturated rings. The molecule has 1 aromatic carbocycles. The Hall–Kier alpha value is -0.740. The Balaban J connectivity index is 3.04. The minimum atomic E-state index is -1.33. The molecule has 1 atom stereocenters. The average molecular weight is 304 g/mol. The van der Waals surface area contributed by atoms with Crippen LogP contribution >= 0.6 is 11.6 Å². The maximum atomic E-state index is 12.9. The fourth-order valence-corrected chi connectivity index (χ4v) is 2.16. The molecule has 0 radical (unpaired) electrons. The maximum absolute atomic E-state index is 12.9. The van der Waals surface area contributed by atoms with Crippen molar-refractivity contribution in [2.75, 3.05) is 5.88 Å². The van der Waals surface area contributed by atoms with E-state index in [0.29, 0.717) is 18.0 Å². The van der Waals surface area contributed by atoms with Crippen LogP contribution in [0, 0.1) is 5.82 Å². The van der Waals surface area contributed by atoms with Gasteiger partial charge in [-0.15, -0.1) is 11.6 Å². The van der Waals surface area contributed by atoms with E-state index in [0.717, 1.165) is 12.0 Å². The summed E-state index contributed by atoms with van der Waals surface area (Å²) < 4.78 is 28.9. The Labute approximate surface area is 121 Å². The lowest BCUT2D eigenvalue weighted by atomic mass is 10.1. The molecule has 0 spiro atoms. The summed E-state index contributed by atoms with van der Waals surface area (Å²) in [6, 6.07) is 6.07. The van der Waals surface area contributed by atoms with Gasteiger partial charge in [-0.05, 0) is 51.3 Å². The minimum absolute atomic E-state index is 0.294. The van der Waals surface area contributed by atoms with E-state index in [1.165, 1.54) is 12.1 Å². The van der Waals surface area contributed by atoms with E-state index in [2.05, 4.69) is 4.40 Å². The van der Waals surface area contributed by atoms with Crippen molar-refractivity contribution in [2.24, 2.45) is 4.40 Å². The van der Waals surface area contributed by atoms with Crippen LogP contribution in [0.3, 0.4) is 0 Å². The van der Waals surface area contributed by atoms with Gasteiger partial charge in [0.05, 0.1) is 10.5 Å². The highest BCUT2D eigenvalue weighted by atomic mass is 35.5. The van der Waals surface area contributed by atoms with E-state index < -0.39 is 15.7 Å². The van der Waals surface area contributed by atoms with Gasteiger partial charge in [0.1, 0.15) is 16.8 Å². The van der Waals surface area contributed by atoms with Crippen molar-refractivity contribution in [1.82, 2.24) is 0 Å². The molecule has 0 aliphatic heterocycles.